The number of fused-ring (bicyclic) bond motifs is 1. The van der Waals surface area contributed by atoms with E-state index >= 15 is 0 Å². The van der Waals surface area contributed by atoms with Crippen molar-refractivity contribution in [3.05, 3.63) is 31.3 Å². The van der Waals surface area contributed by atoms with Gasteiger partial charge in [0.15, 0.2) is 0 Å². The minimum Gasteiger partial charge on any atom is -0.355 e. The van der Waals surface area contributed by atoms with Gasteiger partial charge < -0.3 is 15.6 Å². The van der Waals surface area contributed by atoms with Gasteiger partial charge in [-0.25, -0.2) is 9.59 Å². The molecule has 2 amide bonds. The first-order valence-electron chi connectivity index (χ1n) is 11.8. The van der Waals surface area contributed by atoms with Gasteiger partial charge in [0.05, 0.1) is 17.5 Å². The number of aliphatic hydroxyl groups excluding tert-OH is 1. The highest BCUT2D eigenvalue weighted by molar-refractivity contribution is 7.18. The van der Waals surface area contributed by atoms with Crippen LogP contribution in [0, 0.1) is 18.8 Å². The van der Waals surface area contributed by atoms with Crippen molar-refractivity contribution in [2.45, 2.75) is 91.4 Å². The number of nitrogens with two attached hydrogens (primary N) is 1. The largest absolute Gasteiger partial charge is 0.355 e. The number of aryl methyl sites for hydroxylation is 1. The number of aliphatic hydroxyl groups is 1. The second kappa shape index (κ2) is 9.10. The normalized spacial score (nSPS) is 21.5. The number of ether oxygens (including phenoxy) is 1. The van der Waals surface area contributed by atoms with Crippen molar-refractivity contribution in [3.63, 3.8) is 0 Å². The number of hydrogen-bond acceptors (Lipinski definition) is 7. The van der Waals surface area contributed by atoms with Crippen molar-refractivity contribution in [1.82, 2.24) is 19.6 Å². The zero-order chi connectivity index (χ0) is 24.9. The monoisotopic (exact) mass is 493 g/mol. The summed E-state index contributed by atoms with van der Waals surface area (Å²) in [5.74, 6) is 0.736. The average molecular weight is 494 g/mol. The number of primary amides is 1. The maximum absolute atomic E-state index is 13.5. The van der Waals surface area contributed by atoms with Gasteiger partial charge in [-0.1, -0.05) is 13.3 Å². The number of hydrazine groups is 1. The smallest absolute Gasteiger partial charge is 0.332 e. The van der Waals surface area contributed by atoms with Gasteiger partial charge in [0.1, 0.15) is 4.83 Å². The number of rotatable bonds is 8. The molecule has 4 rings (SSSR count). The summed E-state index contributed by atoms with van der Waals surface area (Å²) in [4.78, 5) is 40.3. The fourth-order valence-electron chi connectivity index (χ4n) is 4.44. The van der Waals surface area contributed by atoms with E-state index in [1.807, 2.05) is 13.8 Å². The number of nitrogens with one attached hydrogen (secondary N) is 1. The summed E-state index contributed by atoms with van der Waals surface area (Å²) < 4.78 is 8.61. The van der Waals surface area contributed by atoms with Crippen LogP contribution in [0.15, 0.2) is 9.59 Å². The summed E-state index contributed by atoms with van der Waals surface area (Å²) in [6.45, 7) is 9.80. The standard InChI is InChI=1S/C23H35N5O5S/c1-12-9-15(12)28-18(29)17-13(2)16(11-27(20(24)30)25-21(31)33-23(3,4)5)34-19(17)26(22(28)32)10-14-7-6-8-14/h12,14-15,21,25,31H,6-11H2,1-5H3,(H2,24,30)/t12-,15-,21?/m0/s1. The van der Waals surface area contributed by atoms with Crippen LogP contribution in [0.2, 0.25) is 0 Å². The van der Waals surface area contributed by atoms with Crippen LogP contribution in [0.3, 0.4) is 0 Å². The Morgan fingerprint density at radius 2 is 2.00 bits per heavy atom. The number of carbonyl (C=O) groups excluding carboxylic acids is 1. The minimum absolute atomic E-state index is 0.0158. The van der Waals surface area contributed by atoms with E-state index in [1.165, 1.54) is 15.9 Å². The van der Waals surface area contributed by atoms with Crippen molar-refractivity contribution in [3.8, 4) is 0 Å². The lowest BCUT2D eigenvalue weighted by atomic mass is 9.85. The first-order chi connectivity index (χ1) is 15.9. The van der Waals surface area contributed by atoms with Crippen molar-refractivity contribution in [2.75, 3.05) is 0 Å². The van der Waals surface area contributed by atoms with Crippen LogP contribution in [-0.2, 0) is 17.8 Å². The molecule has 0 radical (unpaired) electrons. The first kappa shape index (κ1) is 24.9. The molecule has 2 aromatic rings. The molecule has 2 fully saturated rings. The molecule has 0 bridgehead atoms. The topological polar surface area (TPSA) is 132 Å². The van der Waals surface area contributed by atoms with E-state index in [0.717, 1.165) is 30.7 Å². The number of nitrogens with zero attached hydrogens (tertiary/aromatic N) is 3. The molecule has 0 spiro atoms. The predicted octanol–water partition coefficient (Wildman–Crippen LogP) is 2.39. The Bertz CT molecular complexity index is 1210. The van der Waals surface area contributed by atoms with Crippen molar-refractivity contribution < 1.29 is 14.6 Å². The first-order valence-corrected chi connectivity index (χ1v) is 12.7. The molecule has 3 atom stereocenters. The summed E-state index contributed by atoms with van der Waals surface area (Å²) in [6.07, 6.45) is 2.69. The molecule has 10 nitrogen and oxygen atoms in total. The van der Waals surface area contributed by atoms with Crippen LogP contribution < -0.4 is 22.4 Å². The van der Waals surface area contributed by atoms with Crippen LogP contribution in [-0.4, -0.2) is 37.3 Å². The fourth-order valence-corrected chi connectivity index (χ4v) is 5.72. The number of carbonyl (C=O) groups is 1. The second-order valence-electron chi connectivity index (χ2n) is 10.6. The van der Waals surface area contributed by atoms with E-state index in [0.29, 0.717) is 39.0 Å². The molecule has 2 heterocycles. The third kappa shape index (κ3) is 4.93. The molecule has 2 aromatic heterocycles. The molecule has 1 unspecified atom stereocenters. The quantitative estimate of drug-likeness (QED) is 0.382. The van der Waals surface area contributed by atoms with Gasteiger partial charge in [-0.3, -0.25) is 18.9 Å². The third-order valence-corrected chi connectivity index (χ3v) is 8.00. The van der Waals surface area contributed by atoms with E-state index in [1.54, 1.807) is 25.3 Å². The number of thiophene rings is 1. The van der Waals surface area contributed by atoms with Crippen LogP contribution in [0.25, 0.3) is 10.2 Å². The van der Waals surface area contributed by atoms with Gasteiger partial charge in [0.25, 0.3) is 5.56 Å². The lowest BCUT2D eigenvalue weighted by Gasteiger charge is -2.29. The summed E-state index contributed by atoms with van der Waals surface area (Å²) >= 11 is 1.32. The van der Waals surface area contributed by atoms with Crippen LogP contribution in [0.4, 0.5) is 4.79 Å². The number of hydrogen-bond donors (Lipinski definition) is 3. The molecule has 2 saturated carbocycles. The van der Waals surface area contributed by atoms with Crippen molar-refractivity contribution in [2.24, 2.45) is 17.6 Å². The van der Waals surface area contributed by atoms with Crippen LogP contribution in [0.1, 0.15) is 69.9 Å². The molecule has 188 valence electrons. The van der Waals surface area contributed by atoms with Gasteiger partial charge in [0, 0.05) is 17.5 Å². The number of aromatic nitrogens is 2. The highest BCUT2D eigenvalue weighted by atomic mass is 32.1. The summed E-state index contributed by atoms with van der Waals surface area (Å²) in [5.41, 5.74) is 7.68. The lowest BCUT2D eigenvalue weighted by Crippen LogP contribution is -2.52. The van der Waals surface area contributed by atoms with Crippen molar-refractivity contribution in [1.29, 1.82) is 0 Å². The maximum atomic E-state index is 13.5. The molecule has 2 aliphatic carbocycles. The fraction of sp³-hybridized carbons (Fsp3) is 0.696. The number of urea groups is 1. The molecular weight excluding hydrogens is 458 g/mol. The predicted molar refractivity (Wildman–Crippen MR) is 130 cm³/mol. The van der Waals surface area contributed by atoms with E-state index in [-0.39, 0.29) is 23.8 Å². The lowest BCUT2D eigenvalue weighted by molar-refractivity contribution is -0.201. The molecular formula is C23H35N5O5S. The molecule has 11 heteroatoms. The molecule has 34 heavy (non-hydrogen) atoms. The van der Waals surface area contributed by atoms with E-state index < -0.39 is 18.0 Å². The molecule has 0 aliphatic heterocycles. The SMILES string of the molecule is Cc1c(CN(NC(O)OC(C)(C)C)C(N)=O)sc2c1c(=O)n([C@H]1C[C@@H]1C)c(=O)n2CC1CCC1. The Morgan fingerprint density at radius 3 is 2.50 bits per heavy atom. The van der Waals surface area contributed by atoms with Gasteiger partial charge >= 0.3 is 11.7 Å². The van der Waals surface area contributed by atoms with Gasteiger partial charge in [-0.15, -0.1) is 11.3 Å². The molecule has 0 aromatic carbocycles. The Balaban J connectivity index is 1.73. The van der Waals surface area contributed by atoms with Gasteiger partial charge in [-0.05, 0) is 64.4 Å². The zero-order valence-electron chi connectivity index (χ0n) is 20.5. The van der Waals surface area contributed by atoms with Crippen molar-refractivity contribution >= 4 is 27.6 Å². The van der Waals surface area contributed by atoms with Gasteiger partial charge in [-0.2, -0.15) is 5.43 Å². The average Bonchev–Trinajstić information content (AvgIpc) is 3.29. The maximum Gasteiger partial charge on any atom is 0.332 e. The zero-order valence-corrected chi connectivity index (χ0v) is 21.3. The summed E-state index contributed by atoms with van der Waals surface area (Å²) in [7, 11) is 0. The highest BCUT2D eigenvalue weighted by Crippen LogP contribution is 2.41. The number of amides is 2. The van der Waals surface area contributed by atoms with E-state index in [9.17, 15) is 19.5 Å². The van der Waals surface area contributed by atoms with Crippen LogP contribution in [0.5, 0.6) is 0 Å². The van der Waals surface area contributed by atoms with Crippen LogP contribution >= 0.6 is 11.3 Å². The van der Waals surface area contributed by atoms with E-state index in [4.69, 9.17) is 10.5 Å². The third-order valence-electron chi connectivity index (χ3n) is 6.71. The summed E-state index contributed by atoms with van der Waals surface area (Å²) in [5, 5.41) is 11.8. The molecule has 4 N–H and O–H groups in total. The van der Waals surface area contributed by atoms with E-state index in [2.05, 4.69) is 5.43 Å². The second-order valence-corrected chi connectivity index (χ2v) is 11.7. The Kier molecular flexibility index (Phi) is 6.67. The Hall–Kier alpha value is -2.21. The molecule has 0 saturated heterocycles. The Morgan fingerprint density at radius 1 is 1.35 bits per heavy atom. The minimum atomic E-state index is -1.45. The highest BCUT2D eigenvalue weighted by Gasteiger charge is 2.38. The van der Waals surface area contributed by atoms with Gasteiger partial charge in [0.2, 0.25) is 6.41 Å². The molecule has 2 aliphatic rings. The Labute approximate surface area is 202 Å². The summed E-state index contributed by atoms with van der Waals surface area (Å²) in [6, 6.07) is -0.863.